The Bertz CT molecular complexity index is 126. The lowest BCUT2D eigenvalue weighted by atomic mass is 9.88. The van der Waals surface area contributed by atoms with Crippen LogP contribution in [0.25, 0.3) is 0 Å². The minimum Gasteiger partial charge on any atom is -0.303 e. The molecule has 2 nitrogen and oxygen atoms in total. The Labute approximate surface area is 61.7 Å². The molecule has 0 aromatic rings. The third-order valence-electron chi connectivity index (χ3n) is 2.37. The van der Waals surface area contributed by atoms with Crippen molar-refractivity contribution in [1.29, 1.82) is 0 Å². The number of nitrogens with zero attached hydrogens (tertiary/aromatic N) is 1. The lowest BCUT2D eigenvalue weighted by Gasteiger charge is -2.32. The Morgan fingerprint density at radius 2 is 2.20 bits per heavy atom. The number of nitrogens with one attached hydrogen (secondary N) is 1. The zero-order valence-corrected chi connectivity index (χ0v) is 6.09. The second kappa shape index (κ2) is 2.72. The molecule has 1 aliphatic heterocycles. The molecule has 0 amide bonds. The van der Waals surface area contributed by atoms with Crippen LogP contribution in [-0.2, 0) is 0 Å². The third kappa shape index (κ3) is 1.09. The average Bonchev–Trinajstić information content (AvgIpc) is 2.05. The van der Waals surface area contributed by atoms with Crippen molar-refractivity contribution in [2.45, 2.75) is 18.9 Å². The van der Waals surface area contributed by atoms with Gasteiger partial charge in [-0.3, -0.25) is 0 Å². The topological polar surface area (TPSA) is 26.1 Å². The second-order valence-corrected chi connectivity index (χ2v) is 3.07. The van der Waals surface area contributed by atoms with Crippen molar-refractivity contribution < 1.29 is 0 Å². The Balaban J connectivity index is 2.01. The van der Waals surface area contributed by atoms with Gasteiger partial charge in [0, 0.05) is 12.6 Å². The van der Waals surface area contributed by atoms with E-state index in [1.165, 1.54) is 19.4 Å². The van der Waals surface area contributed by atoms with Gasteiger partial charge in [0.1, 0.15) is 0 Å². The van der Waals surface area contributed by atoms with Crippen LogP contribution >= 0.6 is 0 Å². The highest BCUT2D eigenvalue weighted by Gasteiger charge is 2.25. The summed E-state index contributed by atoms with van der Waals surface area (Å²) in [5.74, 6) is 0.791. The number of allylic oxidation sites excluding steroid dienone is 1. The summed E-state index contributed by atoms with van der Waals surface area (Å²) in [7, 11) is 0. The smallest absolute Gasteiger partial charge is 0.0627 e. The zero-order chi connectivity index (χ0) is 6.81. The molecule has 1 N–H and O–H groups in total. The van der Waals surface area contributed by atoms with E-state index >= 15 is 0 Å². The fraction of sp³-hybridized carbons (Fsp3) is 0.750. The van der Waals surface area contributed by atoms with Gasteiger partial charge in [0.15, 0.2) is 0 Å². The van der Waals surface area contributed by atoms with Crippen LogP contribution in [0.1, 0.15) is 12.8 Å². The molecule has 0 spiro atoms. The van der Waals surface area contributed by atoms with E-state index in [2.05, 4.69) is 22.8 Å². The Kier molecular flexibility index (Phi) is 1.74. The summed E-state index contributed by atoms with van der Waals surface area (Å²) < 4.78 is 0. The van der Waals surface area contributed by atoms with Crippen LogP contribution in [0, 0.1) is 5.92 Å². The highest BCUT2D eigenvalue weighted by molar-refractivity contribution is 4.99. The van der Waals surface area contributed by atoms with Crippen molar-refractivity contribution in [3.63, 3.8) is 0 Å². The molecule has 0 bridgehead atoms. The molecule has 55 valence electrons. The first-order valence-corrected chi connectivity index (χ1v) is 3.99. The summed E-state index contributed by atoms with van der Waals surface area (Å²) >= 11 is 0. The van der Waals surface area contributed by atoms with Crippen LogP contribution < -0.4 is 10.6 Å². The molecule has 0 aromatic carbocycles. The van der Waals surface area contributed by atoms with Gasteiger partial charge in [0.25, 0.3) is 0 Å². The van der Waals surface area contributed by atoms with E-state index in [0.717, 1.165) is 12.6 Å². The van der Waals surface area contributed by atoms with Crippen LogP contribution in [0.3, 0.4) is 0 Å². The number of rotatable bonds is 0. The summed E-state index contributed by atoms with van der Waals surface area (Å²) in [6.45, 7) is 2.04. The molecule has 2 aliphatic rings. The van der Waals surface area contributed by atoms with E-state index < -0.39 is 0 Å². The SMILES string of the molecule is C1=CCC2[N]CNCC2C1. The minimum atomic E-state index is 0.631. The van der Waals surface area contributed by atoms with Gasteiger partial charge in [-0.15, -0.1) is 0 Å². The van der Waals surface area contributed by atoms with Crippen molar-refractivity contribution in [3.05, 3.63) is 12.2 Å². The Hall–Kier alpha value is -0.340. The largest absolute Gasteiger partial charge is 0.303 e. The maximum Gasteiger partial charge on any atom is 0.0627 e. The standard InChI is InChI=1S/C8H13N2/c1-2-4-8-7(3-1)5-9-6-10-8/h1-2,7-9H,3-6H2. The van der Waals surface area contributed by atoms with E-state index in [0.29, 0.717) is 6.04 Å². The van der Waals surface area contributed by atoms with E-state index in [1.807, 2.05) is 0 Å². The molecule has 1 aliphatic carbocycles. The Morgan fingerprint density at radius 3 is 3.10 bits per heavy atom. The number of hydrogen-bond donors (Lipinski definition) is 1. The fourth-order valence-corrected chi connectivity index (χ4v) is 1.73. The van der Waals surface area contributed by atoms with Gasteiger partial charge in [0.05, 0.1) is 6.67 Å². The van der Waals surface area contributed by atoms with Crippen molar-refractivity contribution in [1.82, 2.24) is 10.6 Å². The van der Waals surface area contributed by atoms with E-state index in [4.69, 9.17) is 0 Å². The maximum atomic E-state index is 4.49. The van der Waals surface area contributed by atoms with Crippen LogP contribution in [0.2, 0.25) is 0 Å². The molecule has 1 radical (unpaired) electrons. The highest BCUT2D eigenvalue weighted by Crippen LogP contribution is 2.20. The second-order valence-electron chi connectivity index (χ2n) is 3.07. The third-order valence-corrected chi connectivity index (χ3v) is 2.37. The molecule has 1 heterocycles. The van der Waals surface area contributed by atoms with Gasteiger partial charge >= 0.3 is 0 Å². The van der Waals surface area contributed by atoms with E-state index in [9.17, 15) is 0 Å². The predicted octanol–water partition coefficient (Wildman–Crippen LogP) is 0.486. The summed E-state index contributed by atoms with van der Waals surface area (Å²) in [6, 6.07) is 0.631. The molecule has 2 rings (SSSR count). The first kappa shape index (κ1) is 6.38. The molecule has 2 atom stereocenters. The molecule has 1 saturated heterocycles. The molecular formula is C8H13N2. The van der Waals surface area contributed by atoms with Gasteiger partial charge in [-0.25, -0.2) is 5.32 Å². The van der Waals surface area contributed by atoms with Gasteiger partial charge in [0.2, 0.25) is 0 Å². The number of fused-ring (bicyclic) bond motifs is 1. The van der Waals surface area contributed by atoms with Gasteiger partial charge < -0.3 is 5.32 Å². The van der Waals surface area contributed by atoms with Crippen molar-refractivity contribution in [2.24, 2.45) is 5.92 Å². The molecule has 10 heavy (non-hydrogen) atoms. The normalized spacial score (nSPS) is 39.2. The van der Waals surface area contributed by atoms with Gasteiger partial charge in [-0.05, 0) is 18.8 Å². The van der Waals surface area contributed by atoms with Crippen molar-refractivity contribution >= 4 is 0 Å². The summed E-state index contributed by atoms with van der Waals surface area (Å²) in [5.41, 5.74) is 0. The van der Waals surface area contributed by atoms with Crippen LogP contribution in [0.15, 0.2) is 12.2 Å². The molecule has 2 unspecified atom stereocenters. The monoisotopic (exact) mass is 137 g/mol. The minimum absolute atomic E-state index is 0.631. The molecule has 1 fully saturated rings. The van der Waals surface area contributed by atoms with Gasteiger partial charge in [-0.1, -0.05) is 12.2 Å². The van der Waals surface area contributed by atoms with Crippen LogP contribution in [0.4, 0.5) is 0 Å². The summed E-state index contributed by atoms with van der Waals surface area (Å²) in [4.78, 5) is 0. The predicted molar refractivity (Wildman–Crippen MR) is 40.7 cm³/mol. The molecule has 0 saturated carbocycles. The van der Waals surface area contributed by atoms with Crippen molar-refractivity contribution in [3.8, 4) is 0 Å². The lowest BCUT2D eigenvalue weighted by Crippen LogP contribution is -2.47. The average molecular weight is 137 g/mol. The van der Waals surface area contributed by atoms with Crippen molar-refractivity contribution in [2.75, 3.05) is 13.2 Å². The Morgan fingerprint density at radius 1 is 1.30 bits per heavy atom. The molecule has 2 heteroatoms. The fourth-order valence-electron chi connectivity index (χ4n) is 1.73. The first-order chi connectivity index (χ1) is 4.97. The first-order valence-electron chi connectivity index (χ1n) is 3.99. The number of hydrogen-bond acceptors (Lipinski definition) is 1. The van der Waals surface area contributed by atoms with E-state index in [1.54, 1.807) is 0 Å². The lowest BCUT2D eigenvalue weighted by molar-refractivity contribution is 0.267. The quantitative estimate of drug-likeness (QED) is 0.483. The zero-order valence-electron chi connectivity index (χ0n) is 6.09. The van der Waals surface area contributed by atoms with Crippen LogP contribution in [-0.4, -0.2) is 19.3 Å². The molecular weight excluding hydrogens is 124 g/mol. The summed E-state index contributed by atoms with van der Waals surface area (Å²) in [5, 5.41) is 7.77. The van der Waals surface area contributed by atoms with Gasteiger partial charge in [-0.2, -0.15) is 0 Å². The summed E-state index contributed by atoms with van der Waals surface area (Å²) in [6.07, 6.45) is 6.94. The van der Waals surface area contributed by atoms with E-state index in [-0.39, 0.29) is 0 Å². The van der Waals surface area contributed by atoms with Crippen LogP contribution in [0.5, 0.6) is 0 Å². The maximum absolute atomic E-state index is 4.49. The molecule has 0 aromatic heterocycles. The highest BCUT2D eigenvalue weighted by atomic mass is 15.1.